The molecule has 194 valence electrons. The molecule has 0 aromatic heterocycles. The summed E-state index contributed by atoms with van der Waals surface area (Å²) in [5.74, 6) is 0. The van der Waals surface area contributed by atoms with Crippen molar-refractivity contribution in [1.82, 2.24) is 0 Å². The largest absolute Gasteiger partial charge is 0.394 e. The molecule has 33 heavy (non-hydrogen) atoms. The second-order valence-electron chi connectivity index (χ2n) is 7.96. The first kappa shape index (κ1) is 28.3. The van der Waals surface area contributed by atoms with Crippen molar-refractivity contribution in [2.24, 2.45) is 0 Å². The highest BCUT2D eigenvalue weighted by Gasteiger charge is 2.51. The smallest absolute Gasteiger partial charge is 0.187 e. The highest BCUT2D eigenvalue weighted by molar-refractivity contribution is 5.56. The summed E-state index contributed by atoms with van der Waals surface area (Å²) < 4.78 is 21.5. The molecule has 15 nitrogen and oxygen atoms in total. The van der Waals surface area contributed by atoms with Gasteiger partial charge in [-0.3, -0.25) is 0 Å². The molecule has 2 heterocycles. The summed E-state index contributed by atoms with van der Waals surface area (Å²) in [4.78, 5) is 10.8. The van der Waals surface area contributed by atoms with Gasteiger partial charge in [-0.05, 0) is 6.92 Å². The Labute approximate surface area is 187 Å². The summed E-state index contributed by atoms with van der Waals surface area (Å²) in [5, 5.41) is 99.1. The molecule has 2 aliphatic heterocycles. The minimum atomic E-state index is -2.08. The molecule has 0 spiro atoms. The van der Waals surface area contributed by atoms with E-state index in [0.717, 1.165) is 0 Å². The van der Waals surface area contributed by atoms with Crippen LogP contribution >= 0.6 is 0 Å². The molecule has 4 unspecified atom stereocenters. The van der Waals surface area contributed by atoms with Crippen LogP contribution in [0.1, 0.15) is 6.92 Å². The summed E-state index contributed by atoms with van der Waals surface area (Å²) in [6.07, 6.45) is -24.3. The highest BCUT2D eigenvalue weighted by atomic mass is 16.8. The molecule has 0 saturated carbocycles. The predicted molar refractivity (Wildman–Crippen MR) is 101 cm³/mol. The fraction of sp³-hybridized carbons (Fsp3) is 0.944. The lowest BCUT2D eigenvalue weighted by Crippen LogP contribution is -2.65. The fourth-order valence-corrected chi connectivity index (χ4v) is 3.52. The molecule has 2 aliphatic rings. The second-order valence-corrected chi connectivity index (χ2v) is 7.96. The Morgan fingerprint density at radius 3 is 2.06 bits per heavy atom. The van der Waals surface area contributed by atoms with Crippen molar-refractivity contribution in [3.63, 3.8) is 0 Å². The van der Waals surface area contributed by atoms with Crippen molar-refractivity contribution >= 4 is 6.29 Å². The number of rotatable bonds is 10. The standard InChI is InChI=1S/C18H32O15/c1-5-9(24)12(27)14(29)17(30-5)33-16-13(28)11(26)8(4-21)31-18(16)32-15(7(23)3-20)10(25)6(22)2-19/h2,5-18,20-29H,3-4H2,1H3/t5-,6?,7?,8+,9-,10?,11+,12+,13-,14+,15?,16+,17-,18-/m0/s1. The first-order chi connectivity index (χ1) is 15.5. The third-order valence-corrected chi connectivity index (χ3v) is 5.61. The van der Waals surface area contributed by atoms with E-state index in [1.54, 1.807) is 0 Å². The van der Waals surface area contributed by atoms with E-state index in [1.165, 1.54) is 6.92 Å². The molecule has 2 fully saturated rings. The van der Waals surface area contributed by atoms with Gasteiger partial charge in [0.05, 0.1) is 19.3 Å². The Balaban J connectivity index is 2.31. The van der Waals surface area contributed by atoms with Gasteiger partial charge in [-0.1, -0.05) is 0 Å². The summed E-state index contributed by atoms with van der Waals surface area (Å²) in [5.41, 5.74) is 0. The van der Waals surface area contributed by atoms with Gasteiger partial charge in [0.1, 0.15) is 67.1 Å². The van der Waals surface area contributed by atoms with Crippen molar-refractivity contribution in [2.75, 3.05) is 13.2 Å². The van der Waals surface area contributed by atoms with Crippen molar-refractivity contribution in [3.05, 3.63) is 0 Å². The summed E-state index contributed by atoms with van der Waals surface area (Å²) in [6, 6.07) is 0. The van der Waals surface area contributed by atoms with Crippen molar-refractivity contribution in [2.45, 2.75) is 92.8 Å². The normalized spacial score (nSPS) is 43.5. The van der Waals surface area contributed by atoms with Crippen molar-refractivity contribution in [3.8, 4) is 0 Å². The molecule has 0 aromatic carbocycles. The summed E-state index contributed by atoms with van der Waals surface area (Å²) in [6.45, 7) is -0.451. The molecular weight excluding hydrogens is 456 g/mol. The van der Waals surface area contributed by atoms with Crippen molar-refractivity contribution < 1.29 is 74.8 Å². The van der Waals surface area contributed by atoms with Gasteiger partial charge < -0.3 is 74.8 Å². The number of aliphatic hydroxyl groups is 10. The molecule has 10 N–H and O–H groups in total. The number of aldehydes is 1. The maximum atomic E-state index is 10.8. The van der Waals surface area contributed by atoms with Crippen LogP contribution in [0, 0.1) is 0 Å². The van der Waals surface area contributed by atoms with E-state index in [9.17, 15) is 55.9 Å². The molecule has 2 saturated heterocycles. The van der Waals surface area contributed by atoms with E-state index in [4.69, 9.17) is 18.9 Å². The van der Waals surface area contributed by atoms with Gasteiger partial charge in [0, 0.05) is 0 Å². The quantitative estimate of drug-likeness (QED) is 0.128. The molecule has 14 atom stereocenters. The zero-order valence-electron chi connectivity index (χ0n) is 17.6. The van der Waals surface area contributed by atoms with E-state index in [2.05, 4.69) is 0 Å². The molecule has 2 rings (SSSR count). The van der Waals surface area contributed by atoms with Gasteiger partial charge in [-0.15, -0.1) is 0 Å². The Morgan fingerprint density at radius 2 is 1.52 bits per heavy atom. The molecule has 15 heteroatoms. The molecule has 0 bridgehead atoms. The van der Waals surface area contributed by atoms with Crippen LogP contribution in [-0.4, -0.2) is 156 Å². The average molecular weight is 488 g/mol. The Bertz CT molecular complexity index is 609. The molecule has 0 aliphatic carbocycles. The highest BCUT2D eigenvalue weighted by Crippen LogP contribution is 2.31. The van der Waals surface area contributed by atoms with Gasteiger partial charge >= 0.3 is 0 Å². The lowest BCUT2D eigenvalue weighted by atomic mass is 9.97. The van der Waals surface area contributed by atoms with Crippen LogP contribution in [0.2, 0.25) is 0 Å². The number of aliphatic hydroxyl groups excluding tert-OH is 10. The van der Waals surface area contributed by atoms with Gasteiger partial charge in [-0.25, -0.2) is 0 Å². The van der Waals surface area contributed by atoms with Gasteiger partial charge in [0.25, 0.3) is 0 Å². The maximum absolute atomic E-state index is 10.8. The summed E-state index contributed by atoms with van der Waals surface area (Å²) in [7, 11) is 0. The van der Waals surface area contributed by atoms with Crippen LogP contribution < -0.4 is 0 Å². The molecule has 0 amide bonds. The van der Waals surface area contributed by atoms with E-state index < -0.39 is 99.0 Å². The topological polar surface area (TPSA) is 256 Å². The van der Waals surface area contributed by atoms with E-state index in [-0.39, 0.29) is 6.29 Å². The van der Waals surface area contributed by atoms with Gasteiger partial charge in [0.15, 0.2) is 18.9 Å². The lowest BCUT2D eigenvalue weighted by Gasteiger charge is -2.46. The Hall–Kier alpha value is -0.890. The monoisotopic (exact) mass is 488 g/mol. The predicted octanol–water partition coefficient (Wildman–Crippen LogP) is -6.70. The Kier molecular flexibility index (Phi) is 10.5. The molecular formula is C18H32O15. The number of carbonyl (C=O) groups is 1. The zero-order valence-corrected chi connectivity index (χ0v) is 17.6. The number of hydrogen-bond acceptors (Lipinski definition) is 15. The van der Waals surface area contributed by atoms with E-state index >= 15 is 0 Å². The number of hydrogen-bond donors (Lipinski definition) is 10. The first-order valence-electron chi connectivity index (χ1n) is 10.2. The third-order valence-electron chi connectivity index (χ3n) is 5.61. The maximum Gasteiger partial charge on any atom is 0.187 e. The summed E-state index contributed by atoms with van der Waals surface area (Å²) >= 11 is 0. The number of ether oxygens (including phenoxy) is 4. The third kappa shape index (κ3) is 6.22. The van der Waals surface area contributed by atoms with Crippen LogP contribution in [0.15, 0.2) is 0 Å². The minimum absolute atomic E-state index is 0.0593. The second kappa shape index (κ2) is 12.2. The van der Waals surface area contributed by atoms with Gasteiger partial charge in [-0.2, -0.15) is 0 Å². The van der Waals surface area contributed by atoms with Gasteiger partial charge in [0.2, 0.25) is 0 Å². The van der Waals surface area contributed by atoms with Crippen LogP contribution in [0.25, 0.3) is 0 Å². The lowest BCUT2D eigenvalue weighted by molar-refractivity contribution is -0.375. The van der Waals surface area contributed by atoms with Crippen molar-refractivity contribution in [1.29, 1.82) is 0 Å². The molecule has 0 radical (unpaired) electrons. The van der Waals surface area contributed by atoms with E-state index in [0.29, 0.717) is 0 Å². The fourth-order valence-electron chi connectivity index (χ4n) is 3.52. The molecule has 0 aromatic rings. The zero-order chi connectivity index (χ0) is 25.0. The minimum Gasteiger partial charge on any atom is -0.394 e. The first-order valence-corrected chi connectivity index (χ1v) is 10.2. The average Bonchev–Trinajstić information content (AvgIpc) is 2.81. The van der Waals surface area contributed by atoms with Crippen LogP contribution in [0.4, 0.5) is 0 Å². The number of carbonyl (C=O) groups excluding carboxylic acids is 1. The SMILES string of the molecule is C[C@@H]1O[C@@H](O[C@H]2[C@H](OC(C(O)CO)C(O)C(O)C=O)O[C@H](CO)[C@@H](O)[C@@H]2O)[C@H](O)[C@H](O)[C@H]1O. The van der Waals surface area contributed by atoms with Crippen LogP contribution in [0.3, 0.4) is 0 Å². The van der Waals surface area contributed by atoms with Crippen LogP contribution in [0.5, 0.6) is 0 Å². The van der Waals surface area contributed by atoms with Crippen LogP contribution in [-0.2, 0) is 23.7 Å². The Morgan fingerprint density at radius 1 is 0.879 bits per heavy atom. The van der Waals surface area contributed by atoms with E-state index in [1.807, 2.05) is 0 Å².